The Kier molecular flexibility index (Phi) is 4.91. The second-order valence-electron chi connectivity index (χ2n) is 6.45. The zero-order valence-corrected chi connectivity index (χ0v) is 16.9. The lowest BCUT2D eigenvalue weighted by Gasteiger charge is -2.07. The van der Waals surface area contributed by atoms with Gasteiger partial charge in [-0.15, -0.1) is 11.3 Å². The number of hydrogen-bond acceptors (Lipinski definition) is 8. The topological polar surface area (TPSA) is 144 Å². The van der Waals surface area contributed by atoms with Gasteiger partial charge in [0.05, 0.1) is 12.9 Å². The van der Waals surface area contributed by atoms with E-state index in [0.717, 1.165) is 9.25 Å². The third-order valence-corrected chi connectivity index (χ3v) is 5.37. The molecule has 0 unspecified atom stereocenters. The standard InChI is InChI=1S/C16H17N9O4S/c1-21-13-12(14(27)22(2)15(21)28)23(9-18-13)8-10(26)17-5-6-24-16(29)25(20-19-24)11-4-3-7-30-11/h3-4,7,9H,5-6,8H2,1-2H3,(H,17,26). The Balaban J connectivity index is 1.44. The van der Waals surface area contributed by atoms with E-state index >= 15 is 0 Å². The monoisotopic (exact) mass is 431 g/mol. The van der Waals surface area contributed by atoms with Gasteiger partial charge in [0.2, 0.25) is 5.91 Å². The molecule has 156 valence electrons. The van der Waals surface area contributed by atoms with Crippen molar-refractivity contribution in [3.05, 3.63) is 55.2 Å². The summed E-state index contributed by atoms with van der Waals surface area (Å²) >= 11 is 1.36. The fourth-order valence-corrected chi connectivity index (χ4v) is 3.64. The SMILES string of the molecule is Cn1c(=O)c2c(ncn2CC(=O)NCCn2nnn(-c3cccs3)c2=O)n(C)c1=O. The Morgan fingerprint density at radius 2 is 1.93 bits per heavy atom. The van der Waals surface area contributed by atoms with Crippen molar-refractivity contribution in [3.63, 3.8) is 0 Å². The van der Waals surface area contributed by atoms with E-state index in [4.69, 9.17) is 0 Å². The molecule has 0 aliphatic rings. The first kappa shape index (κ1) is 19.5. The van der Waals surface area contributed by atoms with Gasteiger partial charge in [-0.05, 0) is 27.9 Å². The van der Waals surface area contributed by atoms with E-state index in [1.54, 1.807) is 12.1 Å². The summed E-state index contributed by atoms with van der Waals surface area (Å²) in [7, 11) is 2.87. The number of tetrazole rings is 1. The molecular formula is C16H17N9O4S. The molecule has 4 rings (SSSR count). The molecule has 4 aromatic rings. The molecule has 14 heteroatoms. The molecule has 1 N–H and O–H groups in total. The van der Waals surface area contributed by atoms with Crippen molar-refractivity contribution in [2.24, 2.45) is 14.1 Å². The highest BCUT2D eigenvalue weighted by Crippen LogP contribution is 2.10. The van der Waals surface area contributed by atoms with Crippen LogP contribution in [0, 0.1) is 0 Å². The van der Waals surface area contributed by atoms with Crippen LogP contribution in [-0.4, -0.2) is 50.9 Å². The van der Waals surface area contributed by atoms with Gasteiger partial charge in [0, 0.05) is 20.6 Å². The van der Waals surface area contributed by atoms with E-state index in [-0.39, 0.29) is 36.7 Å². The number of nitrogens with zero attached hydrogens (tertiary/aromatic N) is 8. The summed E-state index contributed by atoms with van der Waals surface area (Å²) in [6.45, 7) is 0.114. The highest BCUT2D eigenvalue weighted by molar-refractivity contribution is 7.12. The number of amides is 1. The van der Waals surface area contributed by atoms with E-state index in [2.05, 4.69) is 20.7 Å². The largest absolute Gasteiger partial charge is 0.369 e. The van der Waals surface area contributed by atoms with E-state index in [0.29, 0.717) is 5.00 Å². The highest BCUT2D eigenvalue weighted by atomic mass is 32.1. The summed E-state index contributed by atoms with van der Waals surface area (Å²) in [5, 5.41) is 12.8. The van der Waals surface area contributed by atoms with Crippen LogP contribution in [0.3, 0.4) is 0 Å². The third-order valence-electron chi connectivity index (χ3n) is 4.53. The van der Waals surface area contributed by atoms with E-state index in [1.807, 2.05) is 5.38 Å². The summed E-state index contributed by atoms with van der Waals surface area (Å²) in [6.07, 6.45) is 1.34. The maximum atomic E-state index is 12.4. The molecule has 0 radical (unpaired) electrons. The smallest absolute Gasteiger partial charge is 0.353 e. The molecule has 1 amide bonds. The number of aryl methyl sites for hydroxylation is 1. The number of carbonyl (C=O) groups excluding carboxylic acids is 1. The fourth-order valence-electron chi connectivity index (χ4n) is 2.97. The van der Waals surface area contributed by atoms with Gasteiger partial charge in [-0.25, -0.2) is 14.6 Å². The van der Waals surface area contributed by atoms with Crippen LogP contribution in [0.5, 0.6) is 0 Å². The first-order valence-corrected chi connectivity index (χ1v) is 9.70. The minimum atomic E-state index is -0.532. The van der Waals surface area contributed by atoms with Crippen molar-refractivity contribution in [1.82, 2.24) is 43.8 Å². The minimum absolute atomic E-state index is 0.136. The third kappa shape index (κ3) is 3.26. The maximum absolute atomic E-state index is 12.4. The van der Waals surface area contributed by atoms with Crippen LogP contribution in [-0.2, 0) is 32.0 Å². The second kappa shape index (κ2) is 7.55. The molecule has 0 saturated heterocycles. The normalized spacial score (nSPS) is 11.3. The predicted octanol–water partition coefficient (Wildman–Crippen LogP) is -1.95. The van der Waals surface area contributed by atoms with Gasteiger partial charge in [-0.1, -0.05) is 0 Å². The number of thiophene rings is 1. The van der Waals surface area contributed by atoms with Gasteiger partial charge < -0.3 is 9.88 Å². The molecule has 0 bridgehead atoms. The van der Waals surface area contributed by atoms with Crippen LogP contribution < -0.4 is 22.3 Å². The average Bonchev–Trinajstić information content (AvgIpc) is 3.46. The molecular weight excluding hydrogens is 414 g/mol. The number of aromatic nitrogens is 8. The van der Waals surface area contributed by atoms with Crippen LogP contribution in [0.25, 0.3) is 16.2 Å². The van der Waals surface area contributed by atoms with Crippen LogP contribution in [0.4, 0.5) is 0 Å². The van der Waals surface area contributed by atoms with Crippen LogP contribution in [0.1, 0.15) is 0 Å². The Labute approximate surface area is 171 Å². The fraction of sp³-hybridized carbons (Fsp3) is 0.312. The minimum Gasteiger partial charge on any atom is -0.353 e. The summed E-state index contributed by atoms with van der Waals surface area (Å²) in [5.74, 6) is -0.385. The number of hydrogen-bond donors (Lipinski definition) is 1. The van der Waals surface area contributed by atoms with Crippen molar-refractivity contribution in [2.45, 2.75) is 13.1 Å². The number of rotatable bonds is 6. The van der Waals surface area contributed by atoms with Gasteiger partial charge in [0.25, 0.3) is 5.56 Å². The Hall–Kier alpha value is -3.81. The van der Waals surface area contributed by atoms with Crippen LogP contribution >= 0.6 is 11.3 Å². The Bertz CT molecular complexity index is 1400. The molecule has 0 aliphatic heterocycles. The van der Waals surface area contributed by atoms with Crippen molar-refractivity contribution in [3.8, 4) is 5.00 Å². The molecule has 30 heavy (non-hydrogen) atoms. The van der Waals surface area contributed by atoms with Gasteiger partial charge in [-0.3, -0.25) is 18.7 Å². The molecule has 4 heterocycles. The molecule has 4 aromatic heterocycles. The number of imidazole rings is 1. The summed E-state index contributed by atoms with van der Waals surface area (Å²) in [5.41, 5.74) is -1.08. The molecule has 0 aliphatic carbocycles. The maximum Gasteiger partial charge on any atom is 0.369 e. The second-order valence-corrected chi connectivity index (χ2v) is 7.37. The molecule has 0 fully saturated rings. The summed E-state index contributed by atoms with van der Waals surface area (Å²) in [6, 6.07) is 3.55. The van der Waals surface area contributed by atoms with Gasteiger partial charge in [0.15, 0.2) is 11.2 Å². The lowest BCUT2D eigenvalue weighted by atomic mass is 10.4. The van der Waals surface area contributed by atoms with E-state index in [9.17, 15) is 19.2 Å². The first-order chi connectivity index (χ1) is 14.4. The summed E-state index contributed by atoms with van der Waals surface area (Å²) < 4.78 is 5.92. The molecule has 0 saturated carbocycles. The predicted molar refractivity (Wildman–Crippen MR) is 107 cm³/mol. The van der Waals surface area contributed by atoms with Gasteiger partial charge >= 0.3 is 11.4 Å². The molecule has 0 aromatic carbocycles. The quantitative estimate of drug-likeness (QED) is 0.374. The summed E-state index contributed by atoms with van der Waals surface area (Å²) in [4.78, 5) is 53.0. The van der Waals surface area contributed by atoms with Crippen LogP contribution in [0.2, 0.25) is 0 Å². The van der Waals surface area contributed by atoms with Crippen molar-refractivity contribution in [1.29, 1.82) is 0 Å². The zero-order valence-electron chi connectivity index (χ0n) is 16.0. The number of carbonyl (C=O) groups is 1. The first-order valence-electron chi connectivity index (χ1n) is 8.82. The Morgan fingerprint density at radius 1 is 1.13 bits per heavy atom. The average molecular weight is 431 g/mol. The van der Waals surface area contributed by atoms with Crippen LogP contribution in [0.15, 0.2) is 38.2 Å². The number of nitrogens with one attached hydrogen (secondary N) is 1. The van der Waals surface area contributed by atoms with Gasteiger partial charge in [0.1, 0.15) is 11.5 Å². The van der Waals surface area contributed by atoms with Gasteiger partial charge in [-0.2, -0.15) is 9.36 Å². The highest BCUT2D eigenvalue weighted by Gasteiger charge is 2.16. The van der Waals surface area contributed by atoms with Crippen molar-refractivity contribution >= 4 is 28.4 Å². The van der Waals surface area contributed by atoms with E-state index in [1.165, 1.54) is 45.6 Å². The lowest BCUT2D eigenvalue weighted by molar-refractivity contribution is -0.121. The number of fused-ring (bicyclic) bond motifs is 1. The molecule has 0 atom stereocenters. The van der Waals surface area contributed by atoms with Crippen molar-refractivity contribution < 1.29 is 4.79 Å². The zero-order chi connectivity index (χ0) is 21.4. The van der Waals surface area contributed by atoms with E-state index < -0.39 is 16.9 Å². The van der Waals surface area contributed by atoms with Crippen molar-refractivity contribution in [2.75, 3.05) is 6.54 Å². The Morgan fingerprint density at radius 3 is 2.67 bits per heavy atom. The molecule has 0 spiro atoms. The molecule has 13 nitrogen and oxygen atoms in total. The lowest BCUT2D eigenvalue weighted by Crippen LogP contribution is -2.38.